The number of hydrogen-bond donors (Lipinski definition) is 2. The van der Waals surface area contributed by atoms with E-state index >= 15 is 0 Å². The number of rotatable bonds is 3. The average Bonchev–Trinajstić information content (AvgIpc) is 2.46. The SMILES string of the molecule is C[C@]1(O)C[C@@H](NC(=O)CN2CC(C(F)(F)F)c3cc(I)ccc3C2=O)C1. The second kappa shape index (κ2) is 6.66. The van der Waals surface area contributed by atoms with Crippen LogP contribution < -0.4 is 5.32 Å². The van der Waals surface area contributed by atoms with Crippen LogP contribution in [0.15, 0.2) is 18.2 Å². The van der Waals surface area contributed by atoms with Crippen molar-refractivity contribution < 1.29 is 27.9 Å². The molecule has 2 amide bonds. The zero-order chi connectivity index (χ0) is 19.3. The molecule has 1 aromatic carbocycles. The number of amides is 2. The molecule has 1 atom stereocenters. The highest BCUT2D eigenvalue weighted by Gasteiger charge is 2.47. The van der Waals surface area contributed by atoms with Gasteiger partial charge >= 0.3 is 6.18 Å². The van der Waals surface area contributed by atoms with Crippen molar-refractivity contribution in [1.29, 1.82) is 0 Å². The summed E-state index contributed by atoms with van der Waals surface area (Å²) < 4.78 is 41.1. The third-order valence-electron chi connectivity index (χ3n) is 4.78. The van der Waals surface area contributed by atoms with Crippen LogP contribution in [0.1, 0.15) is 41.6 Å². The quantitative estimate of drug-likeness (QED) is 0.651. The van der Waals surface area contributed by atoms with E-state index in [2.05, 4.69) is 5.32 Å². The first-order valence-electron chi connectivity index (χ1n) is 8.13. The number of carbonyl (C=O) groups is 2. The molecule has 5 nitrogen and oxygen atoms in total. The van der Waals surface area contributed by atoms with Crippen LogP contribution in [-0.2, 0) is 4.79 Å². The number of halogens is 4. The van der Waals surface area contributed by atoms with Crippen molar-refractivity contribution >= 4 is 34.4 Å². The van der Waals surface area contributed by atoms with Crippen molar-refractivity contribution in [2.24, 2.45) is 0 Å². The van der Waals surface area contributed by atoms with Crippen molar-refractivity contribution in [1.82, 2.24) is 10.2 Å². The van der Waals surface area contributed by atoms with Gasteiger partial charge in [-0.25, -0.2) is 0 Å². The van der Waals surface area contributed by atoms with Crippen LogP contribution in [0.5, 0.6) is 0 Å². The van der Waals surface area contributed by atoms with Crippen LogP contribution in [0.25, 0.3) is 0 Å². The van der Waals surface area contributed by atoms with Crippen LogP contribution in [-0.4, -0.2) is 52.7 Å². The first-order valence-corrected chi connectivity index (χ1v) is 9.21. The number of nitrogens with one attached hydrogen (secondary N) is 1. The summed E-state index contributed by atoms with van der Waals surface area (Å²) in [5.41, 5.74) is -0.879. The Balaban J connectivity index is 1.75. The first-order chi connectivity index (χ1) is 12.0. The Hall–Kier alpha value is -1.36. The number of alkyl halides is 3. The highest BCUT2D eigenvalue weighted by molar-refractivity contribution is 14.1. The molecule has 142 valence electrons. The first kappa shape index (κ1) is 19.4. The number of hydrogen-bond acceptors (Lipinski definition) is 3. The van der Waals surface area contributed by atoms with Gasteiger partial charge in [0.05, 0.1) is 18.1 Å². The van der Waals surface area contributed by atoms with Crippen LogP contribution in [0, 0.1) is 3.57 Å². The van der Waals surface area contributed by atoms with Gasteiger partial charge < -0.3 is 15.3 Å². The lowest BCUT2D eigenvalue weighted by Crippen LogP contribution is -2.56. The average molecular weight is 482 g/mol. The largest absolute Gasteiger partial charge is 0.397 e. The maximum atomic E-state index is 13.5. The summed E-state index contributed by atoms with van der Waals surface area (Å²) in [6.45, 7) is 0.636. The summed E-state index contributed by atoms with van der Waals surface area (Å²) in [4.78, 5) is 25.6. The molecule has 1 saturated carbocycles. The van der Waals surface area contributed by atoms with E-state index in [0.717, 1.165) is 4.90 Å². The Morgan fingerprint density at radius 1 is 1.42 bits per heavy atom. The summed E-state index contributed by atoms with van der Waals surface area (Å²) in [6.07, 6.45) is -3.74. The fourth-order valence-corrected chi connectivity index (χ4v) is 4.07. The molecule has 1 aliphatic heterocycles. The third kappa shape index (κ3) is 3.98. The number of benzene rings is 1. The molecule has 1 heterocycles. The van der Waals surface area contributed by atoms with Gasteiger partial charge in [-0.15, -0.1) is 0 Å². The lowest BCUT2D eigenvalue weighted by atomic mass is 9.77. The van der Waals surface area contributed by atoms with Gasteiger partial charge in [-0.1, -0.05) is 0 Å². The summed E-state index contributed by atoms with van der Waals surface area (Å²) in [6, 6.07) is 4.11. The highest BCUT2D eigenvalue weighted by atomic mass is 127. The topological polar surface area (TPSA) is 69.6 Å². The molecule has 0 aromatic heterocycles. The van der Waals surface area contributed by atoms with Crippen molar-refractivity contribution in [3.05, 3.63) is 32.9 Å². The van der Waals surface area contributed by atoms with E-state index in [1.54, 1.807) is 13.0 Å². The van der Waals surface area contributed by atoms with E-state index in [9.17, 15) is 27.9 Å². The summed E-state index contributed by atoms with van der Waals surface area (Å²) >= 11 is 1.91. The second-order valence-corrected chi connectivity index (χ2v) is 8.43. The Kier molecular flexibility index (Phi) is 4.97. The predicted octanol–water partition coefficient (Wildman–Crippen LogP) is 2.42. The molecule has 3 rings (SSSR count). The van der Waals surface area contributed by atoms with Crippen molar-refractivity contribution in [3.63, 3.8) is 0 Å². The normalized spacial score (nSPS) is 28.4. The molecule has 2 N–H and O–H groups in total. The minimum Gasteiger partial charge on any atom is -0.390 e. The minimum atomic E-state index is -4.51. The zero-order valence-electron chi connectivity index (χ0n) is 13.9. The lowest BCUT2D eigenvalue weighted by Gasteiger charge is -2.41. The van der Waals surface area contributed by atoms with Gasteiger partial charge in [-0.2, -0.15) is 13.2 Å². The van der Waals surface area contributed by atoms with Crippen molar-refractivity contribution in [2.45, 2.75) is 43.5 Å². The number of aliphatic hydroxyl groups is 1. The van der Waals surface area contributed by atoms with E-state index in [0.29, 0.717) is 16.4 Å². The Bertz CT molecular complexity index is 743. The van der Waals surface area contributed by atoms with Gasteiger partial charge in [0.2, 0.25) is 5.91 Å². The molecule has 26 heavy (non-hydrogen) atoms. The van der Waals surface area contributed by atoms with Crippen LogP contribution in [0.2, 0.25) is 0 Å². The highest BCUT2D eigenvalue weighted by Crippen LogP contribution is 2.40. The zero-order valence-corrected chi connectivity index (χ0v) is 16.1. The van der Waals surface area contributed by atoms with Crippen molar-refractivity contribution in [3.8, 4) is 0 Å². The molecule has 1 unspecified atom stereocenters. The van der Waals surface area contributed by atoms with Gasteiger partial charge in [0.25, 0.3) is 5.91 Å². The van der Waals surface area contributed by atoms with Gasteiger partial charge in [-0.3, -0.25) is 9.59 Å². The Morgan fingerprint density at radius 3 is 2.65 bits per heavy atom. The molecule has 0 radical (unpaired) electrons. The van der Waals surface area contributed by atoms with Gasteiger partial charge in [0.1, 0.15) is 0 Å². The summed E-state index contributed by atoms with van der Waals surface area (Å²) in [5.74, 6) is -2.91. The monoisotopic (exact) mass is 482 g/mol. The summed E-state index contributed by atoms with van der Waals surface area (Å²) in [7, 11) is 0. The predicted molar refractivity (Wildman–Crippen MR) is 95.6 cm³/mol. The fraction of sp³-hybridized carbons (Fsp3) is 0.529. The van der Waals surface area contributed by atoms with Crippen LogP contribution in [0.4, 0.5) is 13.2 Å². The molecular formula is C17H18F3IN2O3. The smallest absolute Gasteiger partial charge is 0.390 e. The molecule has 9 heteroatoms. The molecule has 0 spiro atoms. The summed E-state index contributed by atoms with van der Waals surface area (Å²) in [5, 5.41) is 12.3. The Labute approximate surface area is 162 Å². The maximum Gasteiger partial charge on any atom is 0.397 e. The Morgan fingerprint density at radius 2 is 2.08 bits per heavy atom. The molecule has 0 bridgehead atoms. The number of carbonyl (C=O) groups excluding carboxylic acids is 2. The third-order valence-corrected chi connectivity index (χ3v) is 5.45. The van der Waals surface area contributed by atoms with E-state index in [4.69, 9.17) is 0 Å². The standard InChI is InChI=1S/C17H18F3IN2O3/c1-16(26)5-10(6-16)22-14(24)8-23-7-13(17(18,19)20)12-4-9(21)2-3-11(12)15(23)25/h2-4,10,13,26H,5-8H2,1H3,(H,22,24)/t10-,13?,16+. The molecule has 1 fully saturated rings. The van der Waals surface area contributed by atoms with Gasteiger partial charge in [0, 0.05) is 21.7 Å². The second-order valence-electron chi connectivity index (χ2n) is 7.18. The van der Waals surface area contributed by atoms with E-state index < -0.39 is 42.6 Å². The number of nitrogens with zero attached hydrogens (tertiary/aromatic N) is 1. The van der Waals surface area contributed by atoms with E-state index in [-0.39, 0.29) is 17.2 Å². The number of fused-ring (bicyclic) bond motifs is 1. The molecule has 2 aliphatic rings. The molecular weight excluding hydrogens is 464 g/mol. The maximum absolute atomic E-state index is 13.5. The molecule has 1 aliphatic carbocycles. The molecule has 1 aromatic rings. The van der Waals surface area contributed by atoms with Crippen LogP contribution >= 0.6 is 22.6 Å². The lowest BCUT2D eigenvalue weighted by molar-refractivity contribution is -0.155. The van der Waals surface area contributed by atoms with E-state index in [1.165, 1.54) is 12.1 Å². The van der Waals surface area contributed by atoms with Gasteiger partial charge in [0.15, 0.2) is 0 Å². The van der Waals surface area contributed by atoms with E-state index in [1.807, 2.05) is 22.6 Å². The minimum absolute atomic E-state index is 0.0154. The van der Waals surface area contributed by atoms with Gasteiger partial charge in [-0.05, 0) is 66.1 Å². The van der Waals surface area contributed by atoms with Crippen LogP contribution in [0.3, 0.4) is 0 Å². The van der Waals surface area contributed by atoms with Crippen molar-refractivity contribution in [2.75, 3.05) is 13.1 Å². The fourth-order valence-electron chi connectivity index (χ4n) is 3.56. The molecule has 0 saturated heterocycles.